The van der Waals surface area contributed by atoms with Gasteiger partial charge in [0.1, 0.15) is 0 Å². The van der Waals surface area contributed by atoms with Gasteiger partial charge in [-0.2, -0.15) is 62.5 Å². The zero-order valence-electron chi connectivity index (χ0n) is 11.4. The van der Waals surface area contributed by atoms with Crippen LogP contribution in [0.3, 0.4) is 0 Å². The molecule has 0 saturated carbocycles. The number of carbonyl (C=O) groups is 1. The first kappa shape index (κ1) is 21.1. The Balaban J connectivity index is 3.53. The third-order valence-corrected chi connectivity index (χ3v) is 2.73. The fraction of sp³-hybridized carbons (Fsp3) is 0.600. The smallest absolute Gasteiger partial charge is 0.265 e. The molecule has 144 valence electrons. The Hall–Kier alpha value is -1.96. The number of aryl methyl sites for hydroxylation is 1. The normalized spacial score (nSPS) is 14.8. The SMILES string of the molecule is Cc1cc(C(F)(F)F)n(C(=O)C(F)(F)C(F)(F)C(F)(F)C(F)(F)F)n1. The van der Waals surface area contributed by atoms with Crippen molar-refractivity contribution in [2.45, 2.75) is 37.0 Å². The highest BCUT2D eigenvalue weighted by Gasteiger charge is 2.84. The van der Waals surface area contributed by atoms with Gasteiger partial charge in [-0.05, 0) is 13.0 Å². The highest BCUT2D eigenvalue weighted by Crippen LogP contribution is 2.53. The van der Waals surface area contributed by atoms with Gasteiger partial charge in [0, 0.05) is 0 Å². The van der Waals surface area contributed by atoms with E-state index in [4.69, 9.17) is 0 Å². The molecule has 1 aromatic heterocycles. The summed E-state index contributed by atoms with van der Waals surface area (Å²) in [6.45, 7) is 0.694. The molecule has 0 N–H and O–H groups in total. The van der Waals surface area contributed by atoms with Gasteiger partial charge in [0.15, 0.2) is 5.69 Å². The Morgan fingerprint density at radius 1 is 0.880 bits per heavy atom. The van der Waals surface area contributed by atoms with Crippen LogP contribution in [0.15, 0.2) is 6.07 Å². The minimum atomic E-state index is -7.42. The van der Waals surface area contributed by atoms with E-state index < -0.39 is 52.1 Å². The molecule has 15 heteroatoms. The summed E-state index contributed by atoms with van der Waals surface area (Å²) in [4.78, 5) is 11.2. The Kier molecular flexibility index (Phi) is 4.66. The van der Waals surface area contributed by atoms with E-state index in [1.807, 2.05) is 0 Å². The number of halogens is 12. The summed E-state index contributed by atoms with van der Waals surface area (Å²) in [5.41, 5.74) is -3.18. The number of carbonyl (C=O) groups excluding carboxylic acids is 1. The van der Waals surface area contributed by atoms with Gasteiger partial charge >= 0.3 is 36.0 Å². The molecule has 1 aromatic rings. The summed E-state index contributed by atoms with van der Waals surface area (Å²) >= 11 is 0. The minimum absolute atomic E-state index is 0.0754. The van der Waals surface area contributed by atoms with Crippen LogP contribution in [0.4, 0.5) is 52.7 Å². The van der Waals surface area contributed by atoms with E-state index >= 15 is 0 Å². The first-order chi connectivity index (χ1) is 10.8. The van der Waals surface area contributed by atoms with Gasteiger partial charge < -0.3 is 0 Å². The quantitative estimate of drug-likeness (QED) is 0.714. The monoisotopic (exact) mass is 396 g/mol. The van der Waals surface area contributed by atoms with Gasteiger partial charge in [-0.15, -0.1) is 0 Å². The Morgan fingerprint density at radius 3 is 1.68 bits per heavy atom. The molecule has 0 bridgehead atoms. The molecular formula is C10H4F12N2O. The van der Waals surface area contributed by atoms with Crippen molar-refractivity contribution < 1.29 is 57.5 Å². The molecule has 0 atom stereocenters. The molecule has 0 aromatic carbocycles. The van der Waals surface area contributed by atoms with E-state index in [9.17, 15) is 57.5 Å². The van der Waals surface area contributed by atoms with Gasteiger partial charge in [-0.1, -0.05) is 0 Å². The highest BCUT2D eigenvalue weighted by molar-refractivity contribution is 5.87. The first-order valence-corrected chi connectivity index (χ1v) is 5.67. The molecule has 0 unspecified atom stereocenters. The van der Waals surface area contributed by atoms with Gasteiger partial charge in [-0.3, -0.25) is 4.79 Å². The Morgan fingerprint density at radius 2 is 1.32 bits per heavy atom. The van der Waals surface area contributed by atoms with Crippen molar-refractivity contribution in [3.8, 4) is 0 Å². The van der Waals surface area contributed by atoms with Crippen molar-refractivity contribution in [1.29, 1.82) is 0 Å². The predicted molar refractivity (Wildman–Crippen MR) is 53.5 cm³/mol. The number of aromatic nitrogens is 2. The molecule has 0 aliphatic heterocycles. The maximum Gasteiger partial charge on any atom is 0.460 e. The number of hydrogen-bond donors (Lipinski definition) is 0. The van der Waals surface area contributed by atoms with Crippen LogP contribution in [0.2, 0.25) is 0 Å². The summed E-state index contributed by atoms with van der Waals surface area (Å²) in [5.74, 6) is -25.4. The molecule has 3 nitrogen and oxygen atoms in total. The van der Waals surface area contributed by atoms with Crippen LogP contribution in [0.25, 0.3) is 0 Å². The Bertz CT molecular complexity index is 668. The summed E-state index contributed by atoms with van der Waals surface area (Å²) in [7, 11) is 0. The fourth-order valence-corrected chi connectivity index (χ4v) is 1.50. The lowest BCUT2D eigenvalue weighted by molar-refractivity contribution is -0.387. The number of hydrogen-bond acceptors (Lipinski definition) is 2. The molecular weight excluding hydrogens is 392 g/mol. The molecule has 0 fully saturated rings. The summed E-state index contributed by atoms with van der Waals surface area (Å²) < 4.78 is 150. The number of alkyl halides is 12. The molecule has 0 aliphatic carbocycles. The van der Waals surface area contributed by atoms with E-state index in [0.717, 1.165) is 0 Å². The van der Waals surface area contributed by atoms with E-state index in [1.54, 1.807) is 0 Å². The average molecular weight is 396 g/mol. The van der Waals surface area contributed by atoms with Crippen LogP contribution >= 0.6 is 0 Å². The minimum Gasteiger partial charge on any atom is -0.265 e. The van der Waals surface area contributed by atoms with Gasteiger partial charge in [0.05, 0.1) is 5.69 Å². The predicted octanol–water partition coefficient (Wildman–Crippen LogP) is 4.32. The molecule has 1 rings (SSSR count). The van der Waals surface area contributed by atoms with E-state index in [-0.39, 0.29) is 6.07 Å². The molecule has 0 saturated heterocycles. The summed E-state index contributed by atoms with van der Waals surface area (Å²) in [6, 6.07) is -0.0754. The second kappa shape index (κ2) is 5.52. The second-order valence-corrected chi connectivity index (χ2v) is 4.61. The van der Waals surface area contributed by atoms with Gasteiger partial charge in [-0.25, -0.2) is 0 Å². The van der Waals surface area contributed by atoms with Crippen LogP contribution in [-0.4, -0.2) is 39.6 Å². The third kappa shape index (κ3) is 3.15. The van der Waals surface area contributed by atoms with E-state index in [2.05, 4.69) is 5.10 Å². The lowest BCUT2D eigenvalue weighted by Gasteiger charge is -2.32. The van der Waals surface area contributed by atoms with Crippen LogP contribution in [0, 0.1) is 6.92 Å². The molecule has 1 heterocycles. The highest BCUT2D eigenvalue weighted by atomic mass is 19.4. The van der Waals surface area contributed by atoms with Gasteiger partial charge in [0.25, 0.3) is 0 Å². The van der Waals surface area contributed by atoms with Crippen molar-refractivity contribution in [3.05, 3.63) is 17.5 Å². The lowest BCUT2D eigenvalue weighted by atomic mass is 10.0. The first-order valence-electron chi connectivity index (χ1n) is 5.67. The second-order valence-electron chi connectivity index (χ2n) is 4.61. The molecule has 25 heavy (non-hydrogen) atoms. The number of nitrogens with zero attached hydrogens (tertiary/aromatic N) is 2. The summed E-state index contributed by atoms with van der Waals surface area (Å²) in [5, 5.41) is 2.51. The largest absolute Gasteiger partial charge is 0.460 e. The Labute approximate surface area is 129 Å². The van der Waals surface area contributed by atoms with Crippen molar-refractivity contribution in [3.63, 3.8) is 0 Å². The van der Waals surface area contributed by atoms with E-state index in [1.165, 1.54) is 0 Å². The summed E-state index contributed by atoms with van der Waals surface area (Å²) in [6.07, 6.45) is -12.8. The zero-order valence-corrected chi connectivity index (χ0v) is 11.4. The molecule has 0 amide bonds. The van der Waals surface area contributed by atoms with Gasteiger partial charge in [0.2, 0.25) is 0 Å². The van der Waals surface area contributed by atoms with Crippen LogP contribution < -0.4 is 0 Å². The van der Waals surface area contributed by atoms with Crippen molar-refractivity contribution in [2.24, 2.45) is 0 Å². The van der Waals surface area contributed by atoms with Crippen molar-refractivity contribution >= 4 is 5.91 Å². The standard InChI is InChI=1S/C10H4F12N2O/c1-3-2-4(7(13,14)15)24(23-3)5(25)6(11,12)8(16,17)9(18,19)10(20,21)22/h2H,1H3. The third-order valence-electron chi connectivity index (χ3n) is 2.73. The molecule has 0 radical (unpaired) electrons. The zero-order chi connectivity index (χ0) is 20.2. The fourth-order valence-electron chi connectivity index (χ4n) is 1.50. The van der Waals surface area contributed by atoms with Crippen molar-refractivity contribution in [1.82, 2.24) is 9.78 Å². The molecule has 0 aliphatic rings. The maximum atomic E-state index is 13.4. The molecule has 0 spiro atoms. The van der Waals surface area contributed by atoms with Crippen molar-refractivity contribution in [2.75, 3.05) is 0 Å². The number of rotatable bonds is 3. The van der Waals surface area contributed by atoms with Crippen LogP contribution in [0.1, 0.15) is 16.2 Å². The maximum absolute atomic E-state index is 13.4. The van der Waals surface area contributed by atoms with E-state index in [0.29, 0.717) is 6.92 Å². The lowest BCUT2D eigenvalue weighted by Crippen LogP contribution is -2.64. The van der Waals surface area contributed by atoms with Crippen LogP contribution in [0.5, 0.6) is 0 Å². The van der Waals surface area contributed by atoms with Crippen LogP contribution in [-0.2, 0) is 6.18 Å². The average Bonchev–Trinajstić information content (AvgIpc) is 2.77. The topological polar surface area (TPSA) is 34.9 Å².